The van der Waals surface area contributed by atoms with Gasteiger partial charge >= 0.3 is 0 Å². The summed E-state index contributed by atoms with van der Waals surface area (Å²) < 4.78 is 17.2. The highest BCUT2D eigenvalue weighted by molar-refractivity contribution is 7.23. The van der Waals surface area contributed by atoms with Crippen LogP contribution in [-0.2, 0) is 11.3 Å². The molecule has 3 aromatic carbocycles. The fraction of sp³-hybridized carbons (Fsp3) is 0.167. The molecule has 0 saturated carbocycles. The molecule has 8 heteroatoms. The second kappa shape index (κ2) is 9.89. The number of carbonyl (C=O) groups excluding carboxylic acids is 1. The Balaban J connectivity index is 1.65. The summed E-state index contributed by atoms with van der Waals surface area (Å²) in [6, 6.07) is 20.4. The number of carbonyl (C=O) groups is 1. The van der Waals surface area contributed by atoms with E-state index in [2.05, 4.69) is 4.98 Å². The summed E-state index contributed by atoms with van der Waals surface area (Å²) in [7, 11) is 3.16. The van der Waals surface area contributed by atoms with Crippen LogP contribution >= 0.6 is 22.9 Å². The van der Waals surface area contributed by atoms with E-state index < -0.39 is 0 Å². The lowest BCUT2D eigenvalue weighted by molar-refractivity contribution is -0.120. The predicted molar refractivity (Wildman–Crippen MR) is 127 cm³/mol. The molecular formula is C24H21ClN2O4S. The molecule has 0 spiro atoms. The molecule has 1 aromatic heterocycles. The second-order valence-corrected chi connectivity index (χ2v) is 8.24. The summed E-state index contributed by atoms with van der Waals surface area (Å²) in [5.74, 6) is 1.58. The number of methoxy groups -OCH3 is 2. The van der Waals surface area contributed by atoms with Crippen LogP contribution in [-0.4, -0.2) is 31.7 Å². The number of anilines is 1. The van der Waals surface area contributed by atoms with Crippen molar-refractivity contribution in [3.8, 4) is 17.2 Å². The van der Waals surface area contributed by atoms with E-state index in [0.717, 1.165) is 10.3 Å². The van der Waals surface area contributed by atoms with E-state index in [-0.39, 0.29) is 12.5 Å². The number of nitrogens with zero attached hydrogens (tertiary/aromatic N) is 2. The van der Waals surface area contributed by atoms with Crippen molar-refractivity contribution in [1.29, 1.82) is 0 Å². The van der Waals surface area contributed by atoms with Crippen molar-refractivity contribution >= 4 is 44.2 Å². The summed E-state index contributed by atoms with van der Waals surface area (Å²) in [4.78, 5) is 19.6. The summed E-state index contributed by atoms with van der Waals surface area (Å²) in [5.41, 5.74) is 1.60. The van der Waals surface area contributed by atoms with Gasteiger partial charge in [-0.15, -0.1) is 0 Å². The van der Waals surface area contributed by atoms with Crippen molar-refractivity contribution in [3.63, 3.8) is 0 Å². The van der Waals surface area contributed by atoms with Gasteiger partial charge in [0.25, 0.3) is 5.91 Å². The molecule has 0 saturated heterocycles. The SMILES string of the molecule is COc1cccc(OCC(=O)N(Cc2ccccc2)c2nc3c(OC)ccc(Cl)c3s2)c1. The molecule has 0 radical (unpaired) electrons. The van der Waals surface area contributed by atoms with Gasteiger partial charge in [-0.3, -0.25) is 9.69 Å². The van der Waals surface area contributed by atoms with E-state index in [1.165, 1.54) is 11.3 Å². The van der Waals surface area contributed by atoms with Crippen molar-refractivity contribution in [3.05, 3.63) is 77.3 Å². The quantitative estimate of drug-likeness (QED) is 0.338. The standard InChI is InChI=1S/C24H21ClN2O4S/c1-29-17-9-6-10-18(13-17)31-15-21(28)27(14-16-7-4-3-5-8-16)24-26-22-20(30-2)12-11-19(25)23(22)32-24/h3-13H,14-15H2,1-2H3. The third-order valence-electron chi connectivity index (χ3n) is 4.79. The number of rotatable bonds is 8. The van der Waals surface area contributed by atoms with Gasteiger partial charge in [0, 0.05) is 6.07 Å². The third-order valence-corrected chi connectivity index (χ3v) is 6.32. The first-order valence-corrected chi connectivity index (χ1v) is 11.0. The first-order chi connectivity index (χ1) is 15.6. The minimum absolute atomic E-state index is 0.152. The van der Waals surface area contributed by atoms with Crippen molar-refractivity contribution < 1.29 is 19.0 Å². The van der Waals surface area contributed by atoms with Crippen molar-refractivity contribution in [2.24, 2.45) is 0 Å². The van der Waals surface area contributed by atoms with Crippen molar-refractivity contribution in [1.82, 2.24) is 4.98 Å². The number of thiazole rings is 1. The number of hydrogen-bond donors (Lipinski definition) is 0. The summed E-state index contributed by atoms with van der Waals surface area (Å²) in [5, 5.41) is 1.08. The number of ether oxygens (including phenoxy) is 3. The number of hydrogen-bond acceptors (Lipinski definition) is 6. The van der Waals surface area contributed by atoms with Gasteiger partial charge in [0.15, 0.2) is 11.7 Å². The van der Waals surface area contributed by atoms with Crippen LogP contribution in [0.25, 0.3) is 10.2 Å². The normalized spacial score (nSPS) is 10.7. The van der Waals surface area contributed by atoms with Crippen LogP contribution in [0.4, 0.5) is 5.13 Å². The zero-order chi connectivity index (χ0) is 22.5. The van der Waals surface area contributed by atoms with Crippen LogP contribution in [0.3, 0.4) is 0 Å². The molecule has 0 atom stereocenters. The smallest absolute Gasteiger partial charge is 0.267 e. The molecule has 0 aliphatic carbocycles. The van der Waals surface area contributed by atoms with E-state index in [1.807, 2.05) is 42.5 Å². The first kappa shape index (κ1) is 21.9. The molecule has 4 rings (SSSR count). The number of amides is 1. The molecular weight excluding hydrogens is 448 g/mol. The van der Waals surface area contributed by atoms with Gasteiger partial charge in [-0.1, -0.05) is 59.3 Å². The summed E-state index contributed by atoms with van der Waals surface area (Å²) in [6.45, 7) is 0.196. The Labute approximate surface area is 194 Å². The fourth-order valence-corrected chi connectivity index (χ4v) is 4.44. The maximum absolute atomic E-state index is 13.3. The molecule has 0 aliphatic rings. The summed E-state index contributed by atoms with van der Waals surface area (Å²) >= 11 is 7.73. The van der Waals surface area contributed by atoms with Gasteiger partial charge < -0.3 is 14.2 Å². The molecule has 4 aromatic rings. The molecule has 1 heterocycles. The maximum atomic E-state index is 13.3. The monoisotopic (exact) mass is 468 g/mol. The molecule has 6 nitrogen and oxygen atoms in total. The predicted octanol–water partition coefficient (Wildman–Crippen LogP) is 5.58. The number of benzene rings is 3. The van der Waals surface area contributed by atoms with Gasteiger partial charge in [-0.25, -0.2) is 4.98 Å². The van der Waals surface area contributed by atoms with E-state index in [4.69, 9.17) is 25.8 Å². The fourth-order valence-electron chi connectivity index (χ4n) is 3.16. The Morgan fingerprint density at radius 1 is 1.00 bits per heavy atom. The van der Waals surface area contributed by atoms with Crippen LogP contribution in [0.5, 0.6) is 17.2 Å². The van der Waals surface area contributed by atoms with E-state index in [9.17, 15) is 4.79 Å². The zero-order valence-electron chi connectivity index (χ0n) is 17.6. The zero-order valence-corrected chi connectivity index (χ0v) is 19.2. The van der Waals surface area contributed by atoms with Crippen LogP contribution in [0.15, 0.2) is 66.7 Å². The van der Waals surface area contributed by atoms with Crippen molar-refractivity contribution in [2.75, 3.05) is 25.7 Å². The molecule has 0 N–H and O–H groups in total. The maximum Gasteiger partial charge on any atom is 0.267 e. The average molecular weight is 469 g/mol. The van der Waals surface area contributed by atoms with Crippen LogP contribution < -0.4 is 19.1 Å². The van der Waals surface area contributed by atoms with Crippen LogP contribution in [0, 0.1) is 0 Å². The first-order valence-electron chi connectivity index (χ1n) is 9.83. The molecule has 164 valence electrons. The Kier molecular flexibility index (Phi) is 6.78. The highest BCUT2D eigenvalue weighted by Gasteiger charge is 2.23. The van der Waals surface area contributed by atoms with Gasteiger partial charge in [0.05, 0.1) is 30.5 Å². The molecule has 32 heavy (non-hydrogen) atoms. The number of aromatic nitrogens is 1. The van der Waals surface area contributed by atoms with Crippen LogP contribution in [0.1, 0.15) is 5.56 Å². The van der Waals surface area contributed by atoms with E-state index in [0.29, 0.717) is 39.5 Å². The lowest BCUT2D eigenvalue weighted by Gasteiger charge is -2.20. The third kappa shape index (κ3) is 4.79. The molecule has 1 amide bonds. The minimum atomic E-state index is -0.231. The number of halogens is 1. The van der Waals surface area contributed by atoms with E-state index in [1.54, 1.807) is 43.4 Å². The minimum Gasteiger partial charge on any atom is -0.497 e. The second-order valence-electron chi connectivity index (χ2n) is 6.86. The lowest BCUT2D eigenvalue weighted by Crippen LogP contribution is -2.34. The Morgan fingerprint density at radius 2 is 1.78 bits per heavy atom. The lowest BCUT2D eigenvalue weighted by atomic mass is 10.2. The number of fused-ring (bicyclic) bond motifs is 1. The highest BCUT2D eigenvalue weighted by atomic mass is 35.5. The largest absolute Gasteiger partial charge is 0.497 e. The van der Waals surface area contributed by atoms with E-state index >= 15 is 0 Å². The Hall–Kier alpha value is -3.29. The molecule has 0 aliphatic heterocycles. The Bertz CT molecular complexity index is 1230. The topological polar surface area (TPSA) is 60.9 Å². The van der Waals surface area contributed by atoms with Gasteiger partial charge in [-0.05, 0) is 29.8 Å². The Morgan fingerprint density at radius 3 is 2.53 bits per heavy atom. The molecule has 0 unspecified atom stereocenters. The molecule has 0 bridgehead atoms. The summed E-state index contributed by atoms with van der Waals surface area (Å²) in [6.07, 6.45) is 0. The van der Waals surface area contributed by atoms with Gasteiger partial charge in [0.1, 0.15) is 22.8 Å². The average Bonchev–Trinajstić information content (AvgIpc) is 3.28. The molecule has 0 fully saturated rings. The van der Waals surface area contributed by atoms with Gasteiger partial charge in [0.2, 0.25) is 0 Å². The highest BCUT2D eigenvalue weighted by Crippen LogP contribution is 2.39. The van der Waals surface area contributed by atoms with Crippen LogP contribution in [0.2, 0.25) is 5.02 Å². The van der Waals surface area contributed by atoms with Gasteiger partial charge in [-0.2, -0.15) is 0 Å². The van der Waals surface area contributed by atoms with Crippen molar-refractivity contribution in [2.45, 2.75) is 6.54 Å².